The fourth-order valence-electron chi connectivity index (χ4n) is 2.07. The smallest absolute Gasteiger partial charge is 0.0704 e. The second-order valence-electron chi connectivity index (χ2n) is 4.47. The van der Waals surface area contributed by atoms with Gasteiger partial charge in [-0.1, -0.05) is 37.6 Å². The largest absolute Gasteiger partial charge is 0.256 e. The van der Waals surface area contributed by atoms with Crippen LogP contribution < -0.4 is 0 Å². The Morgan fingerprint density at radius 1 is 1.12 bits per heavy atom. The molecule has 0 atom stereocenters. The average Bonchev–Trinajstić information content (AvgIpc) is 2.37. The summed E-state index contributed by atoms with van der Waals surface area (Å²) >= 11 is 0. The molecule has 0 aliphatic heterocycles. The summed E-state index contributed by atoms with van der Waals surface area (Å²) in [6, 6.07) is 12.8. The van der Waals surface area contributed by atoms with E-state index < -0.39 is 0 Å². The third kappa shape index (κ3) is 2.94. The van der Waals surface area contributed by atoms with Crippen LogP contribution in [0.1, 0.15) is 30.9 Å². The monoisotopic (exact) mass is 225 g/mol. The van der Waals surface area contributed by atoms with Crippen LogP contribution in [0.25, 0.3) is 11.3 Å². The Kier molecular flexibility index (Phi) is 3.92. The molecule has 0 radical (unpaired) electrons. The predicted octanol–water partition coefficient (Wildman–Crippen LogP) is 4.40. The van der Waals surface area contributed by atoms with Crippen LogP contribution in [-0.2, 0) is 6.42 Å². The van der Waals surface area contributed by atoms with Crippen molar-refractivity contribution >= 4 is 0 Å². The molecule has 1 aromatic carbocycles. The van der Waals surface area contributed by atoms with Crippen molar-refractivity contribution < 1.29 is 0 Å². The lowest BCUT2D eigenvalue weighted by molar-refractivity contribution is 0.794. The van der Waals surface area contributed by atoms with Crippen LogP contribution in [0.5, 0.6) is 0 Å². The van der Waals surface area contributed by atoms with E-state index in [1.807, 2.05) is 18.3 Å². The molecular weight excluding hydrogens is 206 g/mol. The zero-order valence-electron chi connectivity index (χ0n) is 10.6. The van der Waals surface area contributed by atoms with E-state index in [1.165, 1.54) is 36.0 Å². The molecular formula is C16H19N. The van der Waals surface area contributed by atoms with Crippen LogP contribution in [0.2, 0.25) is 0 Å². The third-order valence-corrected chi connectivity index (χ3v) is 3.05. The molecule has 0 unspecified atom stereocenters. The Morgan fingerprint density at radius 3 is 2.65 bits per heavy atom. The van der Waals surface area contributed by atoms with E-state index in [9.17, 15) is 0 Å². The standard InChI is InChI=1S/C16H19N/c1-3-4-7-14-9-10-15(13(2)12-14)16-8-5-6-11-17-16/h5-6,8-12H,3-4,7H2,1-2H3. The Bertz CT molecular complexity index is 474. The Hall–Kier alpha value is -1.63. The molecule has 0 N–H and O–H groups in total. The summed E-state index contributed by atoms with van der Waals surface area (Å²) in [5, 5.41) is 0. The Balaban J connectivity index is 2.26. The second kappa shape index (κ2) is 5.62. The molecule has 0 aliphatic carbocycles. The quantitative estimate of drug-likeness (QED) is 0.751. The van der Waals surface area contributed by atoms with Gasteiger partial charge in [0.2, 0.25) is 0 Å². The summed E-state index contributed by atoms with van der Waals surface area (Å²) in [5.74, 6) is 0. The Labute approximate surface area is 104 Å². The van der Waals surface area contributed by atoms with Crippen LogP contribution in [0, 0.1) is 6.92 Å². The van der Waals surface area contributed by atoms with Crippen molar-refractivity contribution in [3.05, 3.63) is 53.7 Å². The van der Waals surface area contributed by atoms with Crippen LogP contribution in [0.15, 0.2) is 42.6 Å². The summed E-state index contributed by atoms with van der Waals surface area (Å²) < 4.78 is 0. The van der Waals surface area contributed by atoms with Gasteiger partial charge < -0.3 is 0 Å². The van der Waals surface area contributed by atoms with Gasteiger partial charge in [0.25, 0.3) is 0 Å². The summed E-state index contributed by atoms with van der Waals surface area (Å²) in [6.07, 6.45) is 5.54. The number of aromatic nitrogens is 1. The molecule has 0 bridgehead atoms. The number of benzene rings is 1. The number of rotatable bonds is 4. The van der Waals surface area contributed by atoms with Gasteiger partial charge in [0.15, 0.2) is 0 Å². The van der Waals surface area contributed by atoms with E-state index in [0.717, 1.165) is 5.69 Å². The lowest BCUT2D eigenvalue weighted by atomic mass is 9.99. The molecule has 0 saturated heterocycles. The minimum atomic E-state index is 1.06. The van der Waals surface area contributed by atoms with E-state index in [-0.39, 0.29) is 0 Å². The van der Waals surface area contributed by atoms with Crippen molar-refractivity contribution in [2.75, 3.05) is 0 Å². The minimum absolute atomic E-state index is 1.06. The summed E-state index contributed by atoms with van der Waals surface area (Å²) in [7, 11) is 0. The molecule has 0 aliphatic rings. The van der Waals surface area contributed by atoms with E-state index >= 15 is 0 Å². The normalized spacial score (nSPS) is 10.5. The van der Waals surface area contributed by atoms with Crippen molar-refractivity contribution in [3.8, 4) is 11.3 Å². The summed E-state index contributed by atoms with van der Waals surface area (Å²) in [6.45, 7) is 4.40. The fourth-order valence-corrected chi connectivity index (χ4v) is 2.07. The maximum atomic E-state index is 4.40. The first-order chi connectivity index (χ1) is 8.31. The SMILES string of the molecule is CCCCc1ccc(-c2ccccn2)c(C)c1. The van der Waals surface area contributed by atoms with Crippen molar-refractivity contribution in [1.29, 1.82) is 0 Å². The van der Waals surface area contributed by atoms with Crippen molar-refractivity contribution in [2.24, 2.45) is 0 Å². The molecule has 1 nitrogen and oxygen atoms in total. The number of hydrogen-bond donors (Lipinski definition) is 0. The second-order valence-corrected chi connectivity index (χ2v) is 4.47. The number of aryl methyl sites for hydroxylation is 2. The number of unbranched alkanes of at least 4 members (excludes halogenated alkanes) is 1. The van der Waals surface area contributed by atoms with Crippen molar-refractivity contribution in [1.82, 2.24) is 4.98 Å². The molecule has 1 heterocycles. The van der Waals surface area contributed by atoms with E-state index in [0.29, 0.717) is 0 Å². The van der Waals surface area contributed by atoms with E-state index in [4.69, 9.17) is 0 Å². The molecule has 0 spiro atoms. The highest BCUT2D eigenvalue weighted by atomic mass is 14.7. The molecule has 17 heavy (non-hydrogen) atoms. The Morgan fingerprint density at radius 2 is 2.00 bits per heavy atom. The van der Waals surface area contributed by atoms with Crippen LogP contribution in [-0.4, -0.2) is 4.98 Å². The van der Waals surface area contributed by atoms with Crippen LogP contribution in [0.4, 0.5) is 0 Å². The van der Waals surface area contributed by atoms with E-state index in [2.05, 4.69) is 43.1 Å². The maximum Gasteiger partial charge on any atom is 0.0704 e. The lowest BCUT2D eigenvalue weighted by Crippen LogP contribution is -1.90. The summed E-state index contributed by atoms with van der Waals surface area (Å²) in [5.41, 5.74) is 5.05. The zero-order valence-corrected chi connectivity index (χ0v) is 10.6. The molecule has 2 rings (SSSR count). The fraction of sp³-hybridized carbons (Fsp3) is 0.312. The highest BCUT2D eigenvalue weighted by Gasteiger charge is 2.03. The van der Waals surface area contributed by atoms with Gasteiger partial charge in [0.05, 0.1) is 5.69 Å². The highest BCUT2D eigenvalue weighted by molar-refractivity contribution is 5.63. The van der Waals surface area contributed by atoms with Gasteiger partial charge in [-0.25, -0.2) is 0 Å². The van der Waals surface area contributed by atoms with Gasteiger partial charge in [-0.15, -0.1) is 0 Å². The maximum absolute atomic E-state index is 4.40. The first-order valence-corrected chi connectivity index (χ1v) is 6.32. The first kappa shape index (κ1) is 11.8. The summed E-state index contributed by atoms with van der Waals surface area (Å²) in [4.78, 5) is 4.40. The third-order valence-electron chi connectivity index (χ3n) is 3.05. The van der Waals surface area contributed by atoms with Gasteiger partial charge in [-0.3, -0.25) is 4.98 Å². The van der Waals surface area contributed by atoms with Gasteiger partial charge in [-0.05, 0) is 43.0 Å². The van der Waals surface area contributed by atoms with Crippen molar-refractivity contribution in [2.45, 2.75) is 33.1 Å². The number of nitrogens with zero attached hydrogens (tertiary/aromatic N) is 1. The van der Waals surface area contributed by atoms with Gasteiger partial charge in [0, 0.05) is 11.8 Å². The molecule has 0 amide bonds. The van der Waals surface area contributed by atoms with Gasteiger partial charge in [-0.2, -0.15) is 0 Å². The lowest BCUT2D eigenvalue weighted by Gasteiger charge is -2.07. The number of hydrogen-bond acceptors (Lipinski definition) is 1. The molecule has 88 valence electrons. The zero-order chi connectivity index (χ0) is 12.1. The average molecular weight is 225 g/mol. The molecule has 0 saturated carbocycles. The molecule has 1 aromatic heterocycles. The van der Waals surface area contributed by atoms with Gasteiger partial charge >= 0.3 is 0 Å². The van der Waals surface area contributed by atoms with Crippen LogP contribution in [0.3, 0.4) is 0 Å². The van der Waals surface area contributed by atoms with E-state index in [1.54, 1.807) is 0 Å². The van der Waals surface area contributed by atoms with Crippen molar-refractivity contribution in [3.63, 3.8) is 0 Å². The molecule has 1 heteroatoms. The molecule has 2 aromatic rings. The van der Waals surface area contributed by atoms with Crippen LogP contribution >= 0.6 is 0 Å². The predicted molar refractivity (Wildman–Crippen MR) is 73.0 cm³/mol. The molecule has 0 fully saturated rings. The first-order valence-electron chi connectivity index (χ1n) is 6.32. The highest BCUT2D eigenvalue weighted by Crippen LogP contribution is 2.22. The van der Waals surface area contributed by atoms with Gasteiger partial charge in [0.1, 0.15) is 0 Å². The topological polar surface area (TPSA) is 12.9 Å². The minimum Gasteiger partial charge on any atom is -0.256 e. The number of pyridine rings is 1.